The van der Waals surface area contributed by atoms with Gasteiger partial charge in [-0.25, -0.2) is 0 Å². The summed E-state index contributed by atoms with van der Waals surface area (Å²) in [6.45, 7) is 9.04. The molecule has 142 valence electrons. The fourth-order valence-corrected chi connectivity index (χ4v) is 3.04. The average Bonchev–Trinajstić information content (AvgIpc) is 2.54. The molecule has 0 fully saturated rings. The summed E-state index contributed by atoms with van der Waals surface area (Å²) >= 11 is 0. The second-order valence-electron chi connectivity index (χ2n) is 7.38. The van der Waals surface area contributed by atoms with E-state index >= 15 is 0 Å². The van der Waals surface area contributed by atoms with Gasteiger partial charge in [0.2, 0.25) is 0 Å². The van der Waals surface area contributed by atoms with Crippen LogP contribution in [0.15, 0.2) is 0 Å². The highest BCUT2D eigenvalue weighted by atomic mass is 16.5. The molecule has 0 aliphatic rings. The van der Waals surface area contributed by atoms with Crippen LogP contribution >= 0.6 is 0 Å². The lowest BCUT2D eigenvalue weighted by atomic mass is 9.88. The number of unbranched alkanes of at least 4 members (excludes halogenated alkanes) is 8. The van der Waals surface area contributed by atoms with Crippen molar-refractivity contribution in [3.8, 4) is 0 Å². The molecule has 0 aromatic carbocycles. The highest BCUT2D eigenvalue weighted by Gasteiger charge is 2.23. The van der Waals surface area contributed by atoms with Crippen LogP contribution in [0.25, 0.3) is 0 Å². The second-order valence-corrected chi connectivity index (χ2v) is 7.38. The Bertz CT molecular complexity index is 281. The van der Waals surface area contributed by atoms with Crippen molar-refractivity contribution in [2.24, 2.45) is 0 Å². The maximum atomic E-state index is 10.9. The number of carbonyl (C=O) groups is 1. The summed E-state index contributed by atoms with van der Waals surface area (Å²) in [5.74, 6) is 0.0737. The van der Waals surface area contributed by atoms with E-state index in [4.69, 9.17) is 9.39 Å². The van der Waals surface area contributed by atoms with Crippen molar-refractivity contribution in [3.05, 3.63) is 0 Å². The Hall–Kier alpha value is -0.345. The Kier molecular flexibility index (Phi) is 15.9. The topological polar surface area (TPSA) is 35.5 Å². The SMILES string of the molecule is CCCCCCCC(C)(CCCCCCC)OBCOCC(C)=O. The van der Waals surface area contributed by atoms with Gasteiger partial charge in [0.15, 0.2) is 5.78 Å². The molecule has 0 radical (unpaired) electrons. The monoisotopic (exact) mass is 340 g/mol. The van der Waals surface area contributed by atoms with Crippen LogP contribution < -0.4 is 0 Å². The molecule has 0 rings (SSSR count). The fraction of sp³-hybridized carbons (Fsp3) is 0.950. The van der Waals surface area contributed by atoms with E-state index in [9.17, 15) is 4.79 Å². The largest absolute Gasteiger partial charge is 0.432 e. The first-order chi connectivity index (χ1) is 11.5. The van der Waals surface area contributed by atoms with Crippen LogP contribution in [0.4, 0.5) is 0 Å². The van der Waals surface area contributed by atoms with E-state index in [-0.39, 0.29) is 18.0 Å². The highest BCUT2D eigenvalue weighted by molar-refractivity contribution is 6.27. The highest BCUT2D eigenvalue weighted by Crippen LogP contribution is 2.26. The Morgan fingerprint density at radius 2 is 1.38 bits per heavy atom. The molecule has 0 aliphatic heterocycles. The molecule has 0 aromatic heterocycles. The molecule has 0 bridgehead atoms. The van der Waals surface area contributed by atoms with Crippen molar-refractivity contribution in [1.29, 1.82) is 0 Å². The Labute approximate surface area is 151 Å². The van der Waals surface area contributed by atoms with Crippen molar-refractivity contribution in [3.63, 3.8) is 0 Å². The molecule has 0 aliphatic carbocycles. The molecule has 0 amide bonds. The molecule has 4 heteroatoms. The van der Waals surface area contributed by atoms with Gasteiger partial charge >= 0.3 is 7.48 Å². The Balaban J connectivity index is 4.07. The predicted molar refractivity (Wildman–Crippen MR) is 105 cm³/mol. The third kappa shape index (κ3) is 15.2. The number of ketones is 1. The van der Waals surface area contributed by atoms with Crippen molar-refractivity contribution < 1.29 is 14.2 Å². The van der Waals surface area contributed by atoms with Crippen LogP contribution in [0.1, 0.15) is 105 Å². The fourth-order valence-electron chi connectivity index (χ4n) is 3.04. The lowest BCUT2D eigenvalue weighted by Gasteiger charge is -2.31. The summed E-state index contributed by atoms with van der Waals surface area (Å²) in [7, 11) is 0.591. The average molecular weight is 340 g/mol. The van der Waals surface area contributed by atoms with Crippen LogP contribution in [0.5, 0.6) is 0 Å². The summed E-state index contributed by atoms with van der Waals surface area (Å²) in [5, 5.41) is 0. The van der Waals surface area contributed by atoms with Gasteiger partial charge in [-0.1, -0.05) is 78.1 Å². The third-order valence-corrected chi connectivity index (χ3v) is 4.60. The van der Waals surface area contributed by atoms with Gasteiger partial charge in [-0.2, -0.15) is 0 Å². The van der Waals surface area contributed by atoms with E-state index in [1.54, 1.807) is 6.92 Å². The van der Waals surface area contributed by atoms with Crippen molar-refractivity contribution in [2.75, 3.05) is 13.1 Å². The quantitative estimate of drug-likeness (QED) is 0.248. The smallest absolute Gasteiger partial charge is 0.301 e. The number of carbonyl (C=O) groups excluding carboxylic acids is 1. The zero-order valence-corrected chi connectivity index (χ0v) is 16.8. The summed E-state index contributed by atoms with van der Waals surface area (Å²) in [5.41, 5.74) is -0.0297. The number of hydrogen-bond acceptors (Lipinski definition) is 3. The van der Waals surface area contributed by atoms with Gasteiger partial charge in [-0.05, 0) is 26.7 Å². The zero-order chi connectivity index (χ0) is 18.1. The minimum Gasteiger partial charge on any atom is -0.432 e. The molecule has 0 atom stereocenters. The van der Waals surface area contributed by atoms with Crippen LogP contribution in [0, 0.1) is 0 Å². The minimum absolute atomic E-state index is 0.0297. The molecule has 24 heavy (non-hydrogen) atoms. The second kappa shape index (κ2) is 16.1. The normalized spacial score (nSPS) is 11.7. The third-order valence-electron chi connectivity index (χ3n) is 4.60. The van der Waals surface area contributed by atoms with Gasteiger partial charge in [0.1, 0.15) is 6.61 Å². The van der Waals surface area contributed by atoms with Gasteiger partial charge in [0, 0.05) is 5.60 Å². The van der Waals surface area contributed by atoms with E-state index < -0.39 is 0 Å². The van der Waals surface area contributed by atoms with E-state index in [0.717, 1.165) is 12.8 Å². The summed E-state index contributed by atoms with van der Waals surface area (Å²) in [6.07, 6.45) is 15.3. The summed E-state index contributed by atoms with van der Waals surface area (Å²) in [4.78, 5) is 10.9. The van der Waals surface area contributed by atoms with Crippen LogP contribution in [0.3, 0.4) is 0 Å². The molecule has 0 unspecified atom stereocenters. The van der Waals surface area contributed by atoms with E-state index in [1.807, 2.05) is 0 Å². The Morgan fingerprint density at radius 3 is 1.83 bits per heavy atom. The van der Waals surface area contributed by atoms with Crippen LogP contribution in [-0.2, 0) is 14.2 Å². The number of hydrogen-bond donors (Lipinski definition) is 0. The first-order valence-electron chi connectivity index (χ1n) is 10.2. The van der Waals surface area contributed by atoms with Gasteiger partial charge in [0.25, 0.3) is 0 Å². The molecule has 0 saturated carbocycles. The van der Waals surface area contributed by atoms with Crippen molar-refractivity contribution >= 4 is 13.3 Å². The maximum absolute atomic E-state index is 10.9. The molecule has 0 N–H and O–H groups in total. The Morgan fingerprint density at radius 1 is 0.875 bits per heavy atom. The van der Waals surface area contributed by atoms with Crippen LogP contribution in [0.2, 0.25) is 0 Å². The van der Waals surface area contributed by atoms with E-state index in [1.165, 1.54) is 64.2 Å². The van der Waals surface area contributed by atoms with Gasteiger partial charge in [-0.15, -0.1) is 0 Å². The van der Waals surface area contributed by atoms with Crippen molar-refractivity contribution in [2.45, 2.75) is 110 Å². The zero-order valence-electron chi connectivity index (χ0n) is 16.8. The van der Waals surface area contributed by atoms with Gasteiger partial charge < -0.3 is 9.39 Å². The predicted octanol–water partition coefficient (Wildman–Crippen LogP) is 5.40. The van der Waals surface area contributed by atoms with Gasteiger partial charge in [-0.3, -0.25) is 4.79 Å². The number of ether oxygens (including phenoxy) is 1. The van der Waals surface area contributed by atoms with E-state index in [0.29, 0.717) is 14.0 Å². The van der Waals surface area contributed by atoms with Crippen molar-refractivity contribution in [1.82, 2.24) is 0 Å². The minimum atomic E-state index is -0.0297. The standard InChI is InChI=1S/C20H41BO3/c1-5-7-9-11-13-15-20(4,16-14-12-10-8-6-2)24-21-18-23-17-19(3)22/h21H,5-18H2,1-4H3. The number of rotatable bonds is 18. The maximum Gasteiger partial charge on any atom is 0.301 e. The van der Waals surface area contributed by atoms with E-state index in [2.05, 4.69) is 20.8 Å². The first-order valence-corrected chi connectivity index (χ1v) is 10.2. The lowest BCUT2D eigenvalue weighted by molar-refractivity contribution is -0.120. The molecule has 3 nitrogen and oxygen atoms in total. The molecule has 0 aromatic rings. The summed E-state index contributed by atoms with van der Waals surface area (Å²) < 4.78 is 11.5. The molecule has 0 heterocycles. The molecule has 0 saturated heterocycles. The van der Waals surface area contributed by atoms with Crippen LogP contribution in [-0.4, -0.2) is 32.0 Å². The number of Topliss-reactive ketones (excluding diaryl/α,β-unsaturated/α-hetero) is 1. The molecular formula is C20H41BO3. The van der Waals surface area contributed by atoms with Gasteiger partial charge in [0.05, 0.1) is 6.51 Å². The lowest BCUT2D eigenvalue weighted by Crippen LogP contribution is -2.32. The first kappa shape index (κ1) is 23.7. The summed E-state index contributed by atoms with van der Waals surface area (Å²) in [6, 6.07) is 0. The molecule has 0 spiro atoms. The molecular weight excluding hydrogens is 299 g/mol.